The van der Waals surface area contributed by atoms with Crippen LogP contribution in [0.2, 0.25) is 0 Å². The van der Waals surface area contributed by atoms with Crippen molar-refractivity contribution in [3.05, 3.63) is 31.8 Å². The lowest BCUT2D eigenvalue weighted by atomic mass is 9.77. The highest BCUT2D eigenvalue weighted by atomic mass is 127. The molecule has 0 aromatic heterocycles. The Morgan fingerprint density at radius 1 is 1.39 bits per heavy atom. The van der Waals surface area contributed by atoms with Gasteiger partial charge in [-0.3, -0.25) is 0 Å². The van der Waals surface area contributed by atoms with E-state index in [1.54, 1.807) is 0 Å². The molecule has 0 amide bonds. The second kappa shape index (κ2) is 6.71. The summed E-state index contributed by atoms with van der Waals surface area (Å²) in [6, 6.07) is 7.13. The molecule has 0 radical (unpaired) electrons. The average molecular weight is 422 g/mol. The number of hydrogen-bond acceptors (Lipinski definition) is 1. The molecule has 1 nitrogen and oxygen atoms in total. The third-order valence-electron chi connectivity index (χ3n) is 4.05. The molecule has 3 atom stereocenters. The summed E-state index contributed by atoms with van der Waals surface area (Å²) in [4.78, 5) is 0. The van der Waals surface area contributed by atoms with Crippen molar-refractivity contribution in [3.63, 3.8) is 0 Å². The summed E-state index contributed by atoms with van der Waals surface area (Å²) in [5.41, 5.74) is 1.42. The SMILES string of the molecule is CNC(c1cc(I)ccc1Br)C1CCCC(C)C1. The van der Waals surface area contributed by atoms with Crippen LogP contribution in [0.4, 0.5) is 0 Å². The van der Waals surface area contributed by atoms with Gasteiger partial charge in [-0.25, -0.2) is 0 Å². The zero-order valence-electron chi connectivity index (χ0n) is 11.0. The van der Waals surface area contributed by atoms with E-state index in [1.165, 1.54) is 39.3 Å². The van der Waals surface area contributed by atoms with Crippen LogP contribution in [-0.2, 0) is 0 Å². The highest BCUT2D eigenvalue weighted by molar-refractivity contribution is 14.1. The fourth-order valence-electron chi connectivity index (χ4n) is 3.18. The van der Waals surface area contributed by atoms with Crippen LogP contribution in [-0.4, -0.2) is 7.05 Å². The predicted molar refractivity (Wildman–Crippen MR) is 89.8 cm³/mol. The molecule has 0 bridgehead atoms. The predicted octanol–water partition coefficient (Wildman–Crippen LogP) is 5.14. The van der Waals surface area contributed by atoms with Crippen LogP contribution in [0.1, 0.15) is 44.2 Å². The van der Waals surface area contributed by atoms with Crippen molar-refractivity contribution in [1.82, 2.24) is 5.32 Å². The second-order valence-electron chi connectivity index (χ2n) is 5.46. The molecular formula is C15H21BrIN. The van der Waals surface area contributed by atoms with Crippen molar-refractivity contribution in [2.24, 2.45) is 11.8 Å². The van der Waals surface area contributed by atoms with Gasteiger partial charge >= 0.3 is 0 Å². The van der Waals surface area contributed by atoms with E-state index in [0.717, 1.165) is 11.8 Å². The molecule has 3 unspecified atom stereocenters. The van der Waals surface area contributed by atoms with Gasteiger partial charge in [0.05, 0.1) is 0 Å². The summed E-state index contributed by atoms with van der Waals surface area (Å²) in [5.74, 6) is 1.65. The third-order valence-corrected chi connectivity index (χ3v) is 5.45. The number of halogens is 2. The van der Waals surface area contributed by atoms with Crippen molar-refractivity contribution in [1.29, 1.82) is 0 Å². The van der Waals surface area contributed by atoms with Gasteiger partial charge in [-0.1, -0.05) is 35.7 Å². The molecule has 18 heavy (non-hydrogen) atoms. The highest BCUT2D eigenvalue weighted by Gasteiger charge is 2.27. The van der Waals surface area contributed by atoms with Gasteiger partial charge in [0.2, 0.25) is 0 Å². The van der Waals surface area contributed by atoms with E-state index in [4.69, 9.17) is 0 Å². The molecule has 1 aliphatic carbocycles. The van der Waals surface area contributed by atoms with Crippen molar-refractivity contribution < 1.29 is 0 Å². The summed E-state index contributed by atoms with van der Waals surface area (Å²) in [5, 5.41) is 3.54. The molecule has 1 aromatic carbocycles. The zero-order valence-corrected chi connectivity index (χ0v) is 14.8. The fraction of sp³-hybridized carbons (Fsp3) is 0.600. The Hall–Kier alpha value is 0.390. The van der Waals surface area contributed by atoms with E-state index in [-0.39, 0.29) is 0 Å². The summed E-state index contributed by atoms with van der Waals surface area (Å²) < 4.78 is 2.55. The Balaban J connectivity index is 2.24. The molecule has 1 aliphatic rings. The summed E-state index contributed by atoms with van der Waals surface area (Å²) in [7, 11) is 2.09. The van der Waals surface area contributed by atoms with Crippen molar-refractivity contribution >= 4 is 38.5 Å². The number of nitrogens with one attached hydrogen (secondary N) is 1. The van der Waals surface area contributed by atoms with E-state index in [2.05, 4.69) is 76.0 Å². The lowest BCUT2D eigenvalue weighted by molar-refractivity contribution is 0.229. The minimum atomic E-state index is 0.483. The van der Waals surface area contributed by atoms with Crippen LogP contribution in [0, 0.1) is 15.4 Å². The quantitative estimate of drug-likeness (QED) is 0.666. The summed E-state index contributed by atoms with van der Waals surface area (Å²) >= 11 is 6.11. The lowest BCUT2D eigenvalue weighted by Gasteiger charge is -2.34. The number of rotatable bonds is 3. The molecule has 1 fully saturated rings. The minimum Gasteiger partial charge on any atom is -0.313 e. The molecule has 0 heterocycles. The standard InChI is InChI=1S/C15H21BrIN/c1-10-4-3-5-11(8-10)15(18-2)13-9-12(17)6-7-14(13)16/h6-7,9-11,15,18H,3-5,8H2,1-2H3. The first-order valence-electron chi connectivity index (χ1n) is 6.74. The van der Waals surface area contributed by atoms with Crippen LogP contribution in [0.15, 0.2) is 22.7 Å². The molecule has 0 aliphatic heterocycles. The Bertz CT molecular complexity index is 407. The maximum absolute atomic E-state index is 3.71. The van der Waals surface area contributed by atoms with Crippen LogP contribution in [0.5, 0.6) is 0 Å². The Kier molecular flexibility index (Phi) is 5.51. The molecule has 0 saturated heterocycles. The molecule has 100 valence electrons. The van der Waals surface area contributed by atoms with Crippen LogP contribution >= 0.6 is 38.5 Å². The van der Waals surface area contributed by atoms with Crippen molar-refractivity contribution in [3.8, 4) is 0 Å². The Morgan fingerprint density at radius 2 is 2.17 bits per heavy atom. The summed E-state index contributed by atoms with van der Waals surface area (Å²) in [6.45, 7) is 2.39. The molecular weight excluding hydrogens is 401 g/mol. The molecule has 2 rings (SSSR count). The van der Waals surface area contributed by atoms with Crippen LogP contribution in [0.25, 0.3) is 0 Å². The molecule has 1 N–H and O–H groups in total. The van der Waals surface area contributed by atoms with Crippen molar-refractivity contribution in [2.75, 3.05) is 7.05 Å². The third kappa shape index (κ3) is 3.48. The molecule has 1 saturated carbocycles. The normalized spacial score (nSPS) is 26.0. The topological polar surface area (TPSA) is 12.0 Å². The van der Waals surface area contributed by atoms with E-state index in [0.29, 0.717) is 6.04 Å². The van der Waals surface area contributed by atoms with Crippen LogP contribution in [0.3, 0.4) is 0 Å². The molecule has 3 heteroatoms. The van der Waals surface area contributed by atoms with Crippen molar-refractivity contribution in [2.45, 2.75) is 38.6 Å². The Labute approximate surface area is 132 Å². The fourth-order valence-corrected chi connectivity index (χ4v) is 4.19. The first-order chi connectivity index (χ1) is 8.61. The van der Waals surface area contributed by atoms with Gasteiger partial charge in [-0.15, -0.1) is 0 Å². The van der Waals surface area contributed by atoms with E-state index >= 15 is 0 Å². The van der Waals surface area contributed by atoms with Gasteiger partial charge in [0.15, 0.2) is 0 Å². The molecule has 0 spiro atoms. The van der Waals surface area contributed by atoms with E-state index < -0.39 is 0 Å². The Morgan fingerprint density at radius 3 is 2.83 bits per heavy atom. The smallest absolute Gasteiger partial charge is 0.0357 e. The monoisotopic (exact) mass is 421 g/mol. The maximum atomic E-state index is 3.71. The van der Waals surface area contributed by atoms with Gasteiger partial charge in [0.25, 0.3) is 0 Å². The average Bonchev–Trinajstić information content (AvgIpc) is 2.35. The van der Waals surface area contributed by atoms with E-state index in [1.807, 2.05) is 0 Å². The lowest BCUT2D eigenvalue weighted by Crippen LogP contribution is -2.29. The molecule has 1 aromatic rings. The zero-order chi connectivity index (χ0) is 13.1. The first kappa shape index (κ1) is 14.8. The van der Waals surface area contributed by atoms with Gasteiger partial charge in [0.1, 0.15) is 0 Å². The maximum Gasteiger partial charge on any atom is 0.0357 e. The minimum absolute atomic E-state index is 0.483. The van der Waals surface area contributed by atoms with Crippen LogP contribution < -0.4 is 5.32 Å². The van der Waals surface area contributed by atoms with Gasteiger partial charge < -0.3 is 5.32 Å². The van der Waals surface area contributed by atoms with Gasteiger partial charge in [0, 0.05) is 14.1 Å². The van der Waals surface area contributed by atoms with E-state index in [9.17, 15) is 0 Å². The second-order valence-corrected chi connectivity index (χ2v) is 7.56. The van der Waals surface area contributed by atoms with Gasteiger partial charge in [-0.05, 0) is 78.1 Å². The summed E-state index contributed by atoms with van der Waals surface area (Å²) in [6.07, 6.45) is 5.49. The largest absolute Gasteiger partial charge is 0.313 e. The number of benzene rings is 1. The number of hydrogen-bond donors (Lipinski definition) is 1. The van der Waals surface area contributed by atoms with Gasteiger partial charge in [-0.2, -0.15) is 0 Å². The highest BCUT2D eigenvalue weighted by Crippen LogP contribution is 2.39. The first-order valence-corrected chi connectivity index (χ1v) is 8.61.